The number of benzene rings is 1. The molecule has 1 rings (SSSR count). The van der Waals surface area contributed by atoms with Crippen LogP contribution in [0.5, 0.6) is 11.5 Å². The molecule has 0 aliphatic carbocycles. The maximum absolute atomic E-state index is 12.5. The summed E-state index contributed by atoms with van der Waals surface area (Å²) < 4.78 is 44.8. The van der Waals surface area contributed by atoms with Gasteiger partial charge in [0.25, 0.3) is 0 Å². The van der Waals surface area contributed by atoms with E-state index in [-0.39, 0.29) is 11.5 Å². The maximum atomic E-state index is 12.5. The molecule has 0 heterocycles. The summed E-state index contributed by atoms with van der Waals surface area (Å²) in [5.74, 6) is 0.975. The summed E-state index contributed by atoms with van der Waals surface area (Å²) in [6, 6.07) is 4.98. The van der Waals surface area contributed by atoms with Crippen LogP contribution in [0.3, 0.4) is 0 Å². The van der Waals surface area contributed by atoms with Gasteiger partial charge in [-0.25, -0.2) is 0 Å². The number of nitrogens with one attached hydrogen (secondary N) is 2. The molecule has 0 radical (unpaired) electrons. The molecule has 0 aliphatic heterocycles. The number of methoxy groups -OCH3 is 2. The van der Waals surface area contributed by atoms with Gasteiger partial charge in [-0.2, -0.15) is 8.78 Å². The zero-order chi connectivity index (χ0) is 19.9. The Morgan fingerprint density at radius 1 is 1.07 bits per heavy atom. The van der Waals surface area contributed by atoms with Crippen molar-refractivity contribution in [2.45, 2.75) is 19.5 Å². The quantitative estimate of drug-likeness (QED) is 0.306. The highest BCUT2D eigenvalue weighted by molar-refractivity contribution is 5.79. The van der Waals surface area contributed by atoms with E-state index in [9.17, 15) is 8.78 Å². The van der Waals surface area contributed by atoms with Crippen LogP contribution in [0.4, 0.5) is 8.78 Å². The molecule has 7 nitrogen and oxygen atoms in total. The lowest BCUT2D eigenvalue weighted by atomic mass is 10.1. The summed E-state index contributed by atoms with van der Waals surface area (Å²) in [7, 11) is 4.73. The van der Waals surface area contributed by atoms with Gasteiger partial charge in [-0.15, -0.1) is 0 Å². The Morgan fingerprint density at radius 3 is 2.52 bits per heavy atom. The molecule has 27 heavy (non-hydrogen) atoms. The number of guanidine groups is 1. The van der Waals surface area contributed by atoms with Crippen LogP contribution >= 0.6 is 0 Å². The minimum absolute atomic E-state index is 0.0287. The minimum Gasteiger partial charge on any atom is -0.493 e. The van der Waals surface area contributed by atoms with Gasteiger partial charge in [0.2, 0.25) is 0 Å². The first-order valence-electron chi connectivity index (χ1n) is 8.73. The van der Waals surface area contributed by atoms with Crippen LogP contribution in [-0.4, -0.2) is 66.7 Å². The molecule has 0 aliphatic rings. The van der Waals surface area contributed by atoms with Crippen molar-refractivity contribution in [1.82, 2.24) is 10.6 Å². The van der Waals surface area contributed by atoms with E-state index >= 15 is 0 Å². The highest BCUT2D eigenvalue weighted by Crippen LogP contribution is 2.29. The van der Waals surface area contributed by atoms with Crippen molar-refractivity contribution < 1.29 is 27.7 Å². The molecule has 0 unspecified atom stereocenters. The van der Waals surface area contributed by atoms with E-state index in [1.807, 2.05) is 6.07 Å². The zero-order valence-corrected chi connectivity index (χ0v) is 16.1. The van der Waals surface area contributed by atoms with Gasteiger partial charge in [-0.3, -0.25) is 4.99 Å². The lowest BCUT2D eigenvalue weighted by molar-refractivity contribution is -0.0512. The molecule has 0 atom stereocenters. The van der Waals surface area contributed by atoms with Gasteiger partial charge in [-0.05, 0) is 30.5 Å². The molecule has 0 aromatic heterocycles. The smallest absolute Gasteiger partial charge is 0.387 e. The van der Waals surface area contributed by atoms with Crippen LogP contribution in [0.2, 0.25) is 0 Å². The fraction of sp³-hybridized carbons (Fsp3) is 0.611. The van der Waals surface area contributed by atoms with Gasteiger partial charge in [0.1, 0.15) is 0 Å². The summed E-state index contributed by atoms with van der Waals surface area (Å²) in [6.07, 6.45) is 1.46. The Labute approximate surface area is 159 Å². The first-order chi connectivity index (χ1) is 13.1. The van der Waals surface area contributed by atoms with E-state index in [0.717, 1.165) is 18.5 Å². The molecule has 0 spiro atoms. The van der Waals surface area contributed by atoms with Crippen LogP contribution < -0.4 is 20.1 Å². The fourth-order valence-electron chi connectivity index (χ4n) is 2.24. The summed E-state index contributed by atoms with van der Waals surface area (Å²) in [6.45, 7) is 0.237. The zero-order valence-electron chi connectivity index (χ0n) is 16.1. The van der Waals surface area contributed by atoms with E-state index in [4.69, 9.17) is 14.2 Å². The summed E-state index contributed by atoms with van der Waals surface area (Å²) in [5.41, 5.74) is 0.848. The van der Waals surface area contributed by atoms with E-state index in [1.54, 1.807) is 26.3 Å². The van der Waals surface area contributed by atoms with Crippen molar-refractivity contribution in [2.24, 2.45) is 4.99 Å². The molecular formula is C18H29F2N3O4. The molecule has 0 amide bonds. The Morgan fingerprint density at radius 2 is 1.85 bits per heavy atom. The lowest BCUT2D eigenvalue weighted by Crippen LogP contribution is -2.39. The largest absolute Gasteiger partial charge is 0.493 e. The third-order valence-electron chi connectivity index (χ3n) is 3.56. The number of nitrogens with zero attached hydrogens (tertiary/aromatic N) is 1. The highest BCUT2D eigenvalue weighted by atomic mass is 19.3. The van der Waals surface area contributed by atoms with Crippen molar-refractivity contribution in [3.63, 3.8) is 0 Å². The van der Waals surface area contributed by atoms with Gasteiger partial charge in [0.05, 0.1) is 20.3 Å². The summed E-state index contributed by atoms with van der Waals surface area (Å²) in [5, 5.41) is 6.36. The summed E-state index contributed by atoms with van der Waals surface area (Å²) >= 11 is 0. The van der Waals surface area contributed by atoms with Gasteiger partial charge in [0, 0.05) is 33.9 Å². The second-order valence-corrected chi connectivity index (χ2v) is 5.50. The van der Waals surface area contributed by atoms with Crippen LogP contribution in [0.1, 0.15) is 12.0 Å². The second-order valence-electron chi connectivity index (χ2n) is 5.50. The Balaban J connectivity index is 2.33. The Hall–Kier alpha value is -2.13. The Bertz CT molecular complexity index is 559. The SMILES string of the molecule is CN=C(NCCCOCCOC)NCCc1ccc(OC)c(OC(F)F)c1. The van der Waals surface area contributed by atoms with Crippen molar-refractivity contribution in [3.8, 4) is 11.5 Å². The predicted octanol–water partition coefficient (Wildman–Crippen LogP) is 2.06. The molecule has 0 bridgehead atoms. The van der Waals surface area contributed by atoms with Gasteiger partial charge in [0.15, 0.2) is 17.5 Å². The van der Waals surface area contributed by atoms with Crippen LogP contribution in [0.25, 0.3) is 0 Å². The standard InChI is InChI=1S/C18H29F2N3O4/c1-21-18(22-8-4-10-26-12-11-24-2)23-9-7-14-5-6-15(25-3)16(13-14)27-17(19)20/h5-6,13,17H,4,7-12H2,1-3H3,(H2,21,22,23). The average Bonchev–Trinajstić information content (AvgIpc) is 2.65. The van der Waals surface area contributed by atoms with Crippen molar-refractivity contribution in [3.05, 3.63) is 23.8 Å². The van der Waals surface area contributed by atoms with Gasteiger partial charge >= 0.3 is 6.61 Å². The van der Waals surface area contributed by atoms with Crippen LogP contribution in [0.15, 0.2) is 23.2 Å². The normalized spacial score (nSPS) is 11.6. The number of alkyl halides is 2. The van der Waals surface area contributed by atoms with E-state index in [0.29, 0.717) is 38.7 Å². The monoisotopic (exact) mass is 389 g/mol. The van der Waals surface area contributed by atoms with Crippen molar-refractivity contribution in [1.29, 1.82) is 0 Å². The van der Waals surface area contributed by atoms with Crippen molar-refractivity contribution >= 4 is 5.96 Å². The van der Waals surface area contributed by atoms with Crippen LogP contribution in [0, 0.1) is 0 Å². The molecule has 1 aromatic carbocycles. The molecular weight excluding hydrogens is 360 g/mol. The fourth-order valence-corrected chi connectivity index (χ4v) is 2.24. The number of halogens is 2. The highest BCUT2D eigenvalue weighted by Gasteiger charge is 2.11. The van der Waals surface area contributed by atoms with E-state index < -0.39 is 6.61 Å². The number of hydrogen-bond donors (Lipinski definition) is 2. The van der Waals surface area contributed by atoms with Gasteiger partial charge in [-0.1, -0.05) is 6.07 Å². The van der Waals surface area contributed by atoms with E-state index in [2.05, 4.69) is 20.4 Å². The molecule has 2 N–H and O–H groups in total. The molecule has 154 valence electrons. The maximum Gasteiger partial charge on any atom is 0.387 e. The first kappa shape index (κ1) is 22.9. The van der Waals surface area contributed by atoms with Gasteiger partial charge < -0.3 is 29.6 Å². The first-order valence-corrected chi connectivity index (χ1v) is 8.73. The number of rotatable bonds is 13. The third-order valence-corrected chi connectivity index (χ3v) is 3.56. The minimum atomic E-state index is -2.89. The number of aliphatic imine (C=N–C) groups is 1. The number of hydrogen-bond acceptors (Lipinski definition) is 5. The number of ether oxygens (including phenoxy) is 4. The molecule has 0 saturated heterocycles. The Kier molecular flexibility index (Phi) is 11.9. The predicted molar refractivity (Wildman–Crippen MR) is 100 cm³/mol. The average molecular weight is 389 g/mol. The molecule has 9 heteroatoms. The molecule has 0 fully saturated rings. The third kappa shape index (κ3) is 9.95. The molecule has 0 saturated carbocycles. The topological polar surface area (TPSA) is 73.3 Å². The summed E-state index contributed by atoms with van der Waals surface area (Å²) in [4.78, 5) is 4.14. The second kappa shape index (κ2) is 14.0. The molecule has 1 aromatic rings. The van der Waals surface area contributed by atoms with Crippen molar-refractivity contribution in [2.75, 3.05) is 54.2 Å². The van der Waals surface area contributed by atoms with E-state index in [1.165, 1.54) is 7.11 Å². The van der Waals surface area contributed by atoms with Crippen LogP contribution in [-0.2, 0) is 15.9 Å². The lowest BCUT2D eigenvalue weighted by Gasteiger charge is -2.13.